The highest BCUT2D eigenvalue weighted by Crippen LogP contribution is 2.49. The Morgan fingerprint density at radius 3 is 2.10 bits per heavy atom. The van der Waals surface area contributed by atoms with Gasteiger partial charge in [0, 0.05) is 11.1 Å². The summed E-state index contributed by atoms with van der Waals surface area (Å²) in [5.74, 6) is 0. The number of nitrogens with zero attached hydrogens (tertiary/aromatic N) is 1. The van der Waals surface area contributed by atoms with E-state index in [4.69, 9.17) is 9.05 Å². The van der Waals surface area contributed by atoms with Crippen LogP contribution in [0.1, 0.15) is 39.0 Å². The van der Waals surface area contributed by atoms with Crippen LogP contribution in [0.2, 0.25) is 0 Å². The van der Waals surface area contributed by atoms with Gasteiger partial charge in [0.25, 0.3) is 0 Å². The molecule has 0 spiro atoms. The van der Waals surface area contributed by atoms with Crippen LogP contribution in [0.4, 0.5) is 0 Å². The Bertz CT molecular complexity index is 976. The molecule has 156 valence electrons. The Morgan fingerprint density at radius 2 is 1.55 bits per heavy atom. The molecule has 1 aromatic heterocycles. The maximum absolute atomic E-state index is 13.5. The second-order valence-corrected chi connectivity index (χ2v) is 8.20. The SMILES string of the molecule is CC.CCOP(=O)(OCC)c1cc(-c2ccc(CO)cc2)cc2ccc(C)nc12. The lowest BCUT2D eigenvalue weighted by Crippen LogP contribution is -2.14. The third kappa shape index (κ3) is 5.31. The van der Waals surface area contributed by atoms with Crippen LogP contribution in [0, 0.1) is 6.92 Å². The van der Waals surface area contributed by atoms with E-state index in [1.54, 1.807) is 13.8 Å². The molecule has 3 rings (SSSR count). The van der Waals surface area contributed by atoms with Gasteiger partial charge < -0.3 is 14.2 Å². The van der Waals surface area contributed by atoms with E-state index in [0.29, 0.717) is 10.8 Å². The monoisotopic (exact) mass is 415 g/mol. The lowest BCUT2D eigenvalue weighted by atomic mass is 10.0. The lowest BCUT2D eigenvalue weighted by molar-refractivity contribution is 0.230. The lowest BCUT2D eigenvalue weighted by Gasteiger charge is -2.20. The zero-order valence-corrected chi connectivity index (χ0v) is 18.7. The molecule has 0 aliphatic carbocycles. The molecule has 6 heteroatoms. The number of rotatable bonds is 7. The quantitative estimate of drug-likeness (QED) is 0.507. The van der Waals surface area contributed by atoms with E-state index in [9.17, 15) is 9.67 Å². The highest BCUT2D eigenvalue weighted by Gasteiger charge is 2.30. The first-order valence-corrected chi connectivity index (χ1v) is 11.6. The summed E-state index contributed by atoms with van der Waals surface area (Å²) in [5.41, 5.74) is 4.16. The highest BCUT2D eigenvalue weighted by molar-refractivity contribution is 7.62. The molecule has 3 aromatic rings. The largest absolute Gasteiger partial charge is 0.392 e. The van der Waals surface area contributed by atoms with Gasteiger partial charge in [0.15, 0.2) is 0 Å². The first-order chi connectivity index (χ1) is 14.0. The van der Waals surface area contributed by atoms with Gasteiger partial charge >= 0.3 is 7.60 Å². The summed E-state index contributed by atoms with van der Waals surface area (Å²) in [6.45, 7) is 10.0. The zero-order valence-electron chi connectivity index (χ0n) is 17.8. The summed E-state index contributed by atoms with van der Waals surface area (Å²) in [5, 5.41) is 10.6. The summed E-state index contributed by atoms with van der Waals surface area (Å²) >= 11 is 0. The molecule has 0 aliphatic rings. The zero-order chi connectivity index (χ0) is 21.4. The van der Waals surface area contributed by atoms with E-state index >= 15 is 0 Å². The Balaban J connectivity index is 0.00000145. The van der Waals surface area contributed by atoms with Gasteiger partial charge in [0.1, 0.15) is 0 Å². The molecule has 0 saturated heterocycles. The molecule has 2 aromatic carbocycles. The fraction of sp³-hybridized carbons (Fsp3) is 0.348. The van der Waals surface area contributed by atoms with Gasteiger partial charge in [0.05, 0.1) is 30.6 Å². The van der Waals surface area contributed by atoms with Crippen molar-refractivity contribution in [2.24, 2.45) is 0 Å². The number of hydrogen-bond donors (Lipinski definition) is 1. The number of fused-ring (bicyclic) bond motifs is 1. The third-order valence-electron chi connectivity index (χ3n) is 4.27. The molecule has 0 radical (unpaired) electrons. The van der Waals surface area contributed by atoms with Gasteiger partial charge in [-0.1, -0.05) is 44.2 Å². The van der Waals surface area contributed by atoms with E-state index < -0.39 is 7.60 Å². The smallest absolute Gasteiger partial charge is 0.363 e. The molecular weight excluding hydrogens is 385 g/mol. The second kappa shape index (κ2) is 10.7. The first-order valence-electron chi connectivity index (χ1n) is 10.0. The van der Waals surface area contributed by atoms with Gasteiger partial charge in [-0.3, -0.25) is 9.55 Å². The molecule has 5 nitrogen and oxygen atoms in total. The number of aryl methyl sites for hydroxylation is 1. The van der Waals surface area contributed by atoms with Crippen molar-refractivity contribution in [3.05, 3.63) is 59.8 Å². The van der Waals surface area contributed by atoms with Crippen molar-refractivity contribution in [1.29, 1.82) is 0 Å². The van der Waals surface area contributed by atoms with Crippen molar-refractivity contribution in [2.45, 2.75) is 41.2 Å². The maximum atomic E-state index is 13.5. The van der Waals surface area contributed by atoms with Gasteiger partial charge in [-0.25, -0.2) is 0 Å². The third-order valence-corrected chi connectivity index (χ3v) is 6.40. The number of aromatic nitrogens is 1. The van der Waals surface area contributed by atoms with Crippen molar-refractivity contribution >= 4 is 23.8 Å². The summed E-state index contributed by atoms with van der Waals surface area (Å²) in [7, 11) is -3.50. The number of aliphatic hydroxyl groups is 1. The summed E-state index contributed by atoms with van der Waals surface area (Å²) in [4.78, 5) is 4.60. The summed E-state index contributed by atoms with van der Waals surface area (Å²) in [6.07, 6.45) is 0. The van der Waals surface area contributed by atoms with Crippen LogP contribution in [0.15, 0.2) is 48.5 Å². The normalized spacial score (nSPS) is 11.2. The molecule has 0 saturated carbocycles. The average molecular weight is 415 g/mol. The van der Waals surface area contributed by atoms with E-state index in [2.05, 4.69) is 4.98 Å². The van der Waals surface area contributed by atoms with E-state index in [0.717, 1.165) is 27.8 Å². The summed E-state index contributed by atoms with van der Waals surface area (Å²) in [6, 6.07) is 15.4. The number of pyridine rings is 1. The second-order valence-electron chi connectivity index (χ2n) is 6.21. The van der Waals surface area contributed by atoms with E-state index in [1.165, 1.54) is 0 Å². The Morgan fingerprint density at radius 1 is 0.931 bits per heavy atom. The van der Waals surface area contributed by atoms with Crippen LogP contribution in [-0.4, -0.2) is 23.3 Å². The van der Waals surface area contributed by atoms with E-state index in [-0.39, 0.29) is 19.8 Å². The predicted molar refractivity (Wildman–Crippen MR) is 120 cm³/mol. The van der Waals surface area contributed by atoms with Crippen molar-refractivity contribution < 1.29 is 18.7 Å². The van der Waals surface area contributed by atoms with Crippen LogP contribution >= 0.6 is 7.60 Å². The highest BCUT2D eigenvalue weighted by atomic mass is 31.2. The topological polar surface area (TPSA) is 68.7 Å². The number of hydrogen-bond acceptors (Lipinski definition) is 5. The van der Waals surface area contributed by atoms with Crippen molar-refractivity contribution in [3.63, 3.8) is 0 Å². The molecular formula is C23H30NO4P. The average Bonchev–Trinajstić information content (AvgIpc) is 2.75. The van der Waals surface area contributed by atoms with Crippen LogP contribution in [-0.2, 0) is 20.2 Å². The minimum atomic E-state index is -3.50. The molecule has 0 bridgehead atoms. The van der Waals surface area contributed by atoms with Crippen LogP contribution in [0.25, 0.3) is 22.0 Å². The first kappa shape index (κ1) is 23.2. The molecule has 29 heavy (non-hydrogen) atoms. The molecule has 0 fully saturated rings. The van der Waals surface area contributed by atoms with Crippen LogP contribution in [0.3, 0.4) is 0 Å². The standard InChI is InChI=1S/C21H24NO4P.C2H6/c1-4-25-27(24,26-5-2)20-13-19(17-10-7-16(14-23)8-11-17)12-18-9-6-15(3)22-21(18)20;1-2/h6-13,23H,4-5,14H2,1-3H3;1-2H3. The van der Waals surface area contributed by atoms with Gasteiger partial charge in [-0.2, -0.15) is 0 Å². The van der Waals surface area contributed by atoms with Gasteiger partial charge in [0.2, 0.25) is 0 Å². The fourth-order valence-electron chi connectivity index (χ4n) is 3.01. The van der Waals surface area contributed by atoms with E-state index in [1.807, 2.05) is 69.3 Å². The van der Waals surface area contributed by atoms with Crippen molar-refractivity contribution in [3.8, 4) is 11.1 Å². The molecule has 0 unspecified atom stereocenters. The van der Waals surface area contributed by atoms with Crippen LogP contribution in [0.5, 0.6) is 0 Å². The number of benzene rings is 2. The number of aliphatic hydroxyl groups excluding tert-OH is 1. The fourth-order valence-corrected chi connectivity index (χ4v) is 4.78. The van der Waals surface area contributed by atoms with Gasteiger partial charge in [-0.15, -0.1) is 0 Å². The van der Waals surface area contributed by atoms with Crippen LogP contribution < -0.4 is 5.30 Å². The molecule has 0 aliphatic heterocycles. The Labute approximate surface area is 173 Å². The Kier molecular flexibility index (Phi) is 8.54. The molecule has 0 atom stereocenters. The van der Waals surface area contributed by atoms with Crippen molar-refractivity contribution in [1.82, 2.24) is 4.98 Å². The predicted octanol–water partition coefficient (Wildman–Crippen LogP) is 5.62. The molecule has 1 heterocycles. The molecule has 0 amide bonds. The minimum Gasteiger partial charge on any atom is -0.392 e. The summed E-state index contributed by atoms with van der Waals surface area (Å²) < 4.78 is 24.7. The molecule has 1 N–H and O–H groups in total. The maximum Gasteiger partial charge on any atom is 0.363 e. The van der Waals surface area contributed by atoms with Gasteiger partial charge in [-0.05, 0) is 55.7 Å². The van der Waals surface area contributed by atoms with Crippen molar-refractivity contribution in [2.75, 3.05) is 13.2 Å². The minimum absolute atomic E-state index is 0.00364. The Hall–Kier alpha value is -2.04.